The highest BCUT2D eigenvalue weighted by Crippen LogP contribution is 2.25. The van der Waals surface area contributed by atoms with Crippen molar-refractivity contribution in [3.63, 3.8) is 0 Å². The number of aliphatic hydroxyl groups is 1. The van der Waals surface area contributed by atoms with Gasteiger partial charge in [0.15, 0.2) is 0 Å². The molecule has 1 aromatic carbocycles. The smallest absolute Gasteiger partial charge is 0.0578 e. The van der Waals surface area contributed by atoms with Gasteiger partial charge in [0.25, 0.3) is 0 Å². The molecule has 0 amide bonds. The molecule has 0 saturated heterocycles. The van der Waals surface area contributed by atoms with E-state index in [0.717, 1.165) is 24.3 Å². The Bertz CT molecular complexity index is 288. The minimum absolute atomic E-state index is 0.238. The van der Waals surface area contributed by atoms with Gasteiger partial charge < -0.3 is 15.7 Å². The molecule has 0 bridgehead atoms. The highest BCUT2D eigenvalue weighted by atomic mass is 16.3. The maximum absolute atomic E-state index is 8.80. The molecule has 1 unspecified atom stereocenters. The molecule has 1 aliphatic heterocycles. The van der Waals surface area contributed by atoms with Crippen LogP contribution in [-0.2, 0) is 0 Å². The number of fused-ring (bicyclic) bond motifs is 1. The molecule has 3 N–H and O–H groups in total. The predicted molar refractivity (Wildman–Crippen MR) is 54.0 cm³/mol. The second-order valence-corrected chi connectivity index (χ2v) is 3.28. The molecule has 0 aliphatic carbocycles. The van der Waals surface area contributed by atoms with Crippen LogP contribution in [0, 0.1) is 0 Å². The number of nitrogens with one attached hydrogen (secondary N) is 2. The summed E-state index contributed by atoms with van der Waals surface area (Å²) in [6, 6.07) is 8.47. The number of anilines is 2. The number of hydrogen-bond donors (Lipinski definition) is 3. The first kappa shape index (κ1) is 8.38. The molecule has 1 aromatic rings. The molecule has 13 heavy (non-hydrogen) atoms. The molecule has 1 heterocycles. The van der Waals surface area contributed by atoms with Gasteiger partial charge >= 0.3 is 0 Å². The Kier molecular flexibility index (Phi) is 2.36. The lowest BCUT2D eigenvalue weighted by Gasteiger charge is -2.27. The van der Waals surface area contributed by atoms with E-state index in [1.54, 1.807) is 0 Å². The topological polar surface area (TPSA) is 44.3 Å². The van der Waals surface area contributed by atoms with Crippen LogP contribution in [0.15, 0.2) is 24.3 Å². The van der Waals surface area contributed by atoms with Gasteiger partial charge in [0, 0.05) is 19.2 Å². The quantitative estimate of drug-likeness (QED) is 0.639. The van der Waals surface area contributed by atoms with Crippen molar-refractivity contribution in [3.05, 3.63) is 24.3 Å². The molecule has 0 radical (unpaired) electrons. The SMILES string of the molecule is OCCC1CNc2ccccc2N1. The lowest BCUT2D eigenvalue weighted by Crippen LogP contribution is -2.33. The van der Waals surface area contributed by atoms with Crippen LogP contribution in [0.25, 0.3) is 0 Å². The Labute approximate surface area is 77.8 Å². The van der Waals surface area contributed by atoms with Gasteiger partial charge in [0.1, 0.15) is 0 Å². The lowest BCUT2D eigenvalue weighted by molar-refractivity contribution is 0.280. The van der Waals surface area contributed by atoms with Crippen molar-refractivity contribution in [3.8, 4) is 0 Å². The van der Waals surface area contributed by atoms with Gasteiger partial charge in [0.2, 0.25) is 0 Å². The molecule has 0 fully saturated rings. The maximum atomic E-state index is 8.80. The Balaban J connectivity index is 2.11. The first-order valence-corrected chi connectivity index (χ1v) is 4.60. The zero-order valence-electron chi connectivity index (χ0n) is 7.46. The summed E-state index contributed by atoms with van der Waals surface area (Å²) in [6.07, 6.45) is 0.793. The summed E-state index contributed by atoms with van der Waals surface area (Å²) in [5.41, 5.74) is 2.28. The van der Waals surface area contributed by atoms with Crippen molar-refractivity contribution < 1.29 is 5.11 Å². The van der Waals surface area contributed by atoms with E-state index in [2.05, 4.69) is 16.7 Å². The second kappa shape index (κ2) is 3.66. The molecule has 70 valence electrons. The molecular formula is C10H14N2O. The van der Waals surface area contributed by atoms with E-state index < -0.39 is 0 Å². The monoisotopic (exact) mass is 178 g/mol. The molecule has 1 aliphatic rings. The zero-order valence-corrected chi connectivity index (χ0v) is 7.46. The third kappa shape index (κ3) is 1.75. The Morgan fingerprint density at radius 2 is 2.08 bits per heavy atom. The van der Waals surface area contributed by atoms with Crippen LogP contribution in [0.2, 0.25) is 0 Å². The predicted octanol–water partition coefficient (Wildman–Crippen LogP) is 1.27. The number of benzene rings is 1. The summed E-state index contributed by atoms with van der Waals surface area (Å²) >= 11 is 0. The van der Waals surface area contributed by atoms with Crippen LogP contribution in [0.4, 0.5) is 11.4 Å². The molecule has 3 nitrogen and oxygen atoms in total. The van der Waals surface area contributed by atoms with E-state index in [9.17, 15) is 0 Å². The fraction of sp³-hybridized carbons (Fsp3) is 0.400. The van der Waals surface area contributed by atoms with Crippen LogP contribution >= 0.6 is 0 Å². The average molecular weight is 178 g/mol. The summed E-state index contributed by atoms with van der Waals surface area (Å²) in [6.45, 7) is 1.12. The normalized spacial score (nSPS) is 19.9. The van der Waals surface area contributed by atoms with Gasteiger partial charge in [-0.1, -0.05) is 12.1 Å². The molecule has 0 aromatic heterocycles. The van der Waals surface area contributed by atoms with Gasteiger partial charge in [-0.3, -0.25) is 0 Å². The fourth-order valence-electron chi connectivity index (χ4n) is 1.60. The standard InChI is InChI=1S/C10H14N2O/c13-6-5-8-7-11-9-3-1-2-4-10(9)12-8/h1-4,8,11-13H,5-7H2. The van der Waals surface area contributed by atoms with E-state index in [-0.39, 0.29) is 6.61 Å². The van der Waals surface area contributed by atoms with E-state index in [1.165, 1.54) is 0 Å². The van der Waals surface area contributed by atoms with Crippen LogP contribution in [-0.4, -0.2) is 24.3 Å². The molecule has 0 spiro atoms. The summed E-state index contributed by atoms with van der Waals surface area (Å²) < 4.78 is 0. The summed E-state index contributed by atoms with van der Waals surface area (Å²) in [7, 11) is 0. The zero-order chi connectivity index (χ0) is 9.10. The number of rotatable bonds is 2. The van der Waals surface area contributed by atoms with Crippen LogP contribution in [0.3, 0.4) is 0 Å². The van der Waals surface area contributed by atoms with Crippen LogP contribution in [0.1, 0.15) is 6.42 Å². The molecule has 2 rings (SSSR count). The molecule has 3 heteroatoms. The van der Waals surface area contributed by atoms with Crippen molar-refractivity contribution in [2.24, 2.45) is 0 Å². The average Bonchev–Trinajstić information content (AvgIpc) is 2.18. The molecular weight excluding hydrogens is 164 g/mol. The van der Waals surface area contributed by atoms with Crippen molar-refractivity contribution >= 4 is 11.4 Å². The van der Waals surface area contributed by atoms with Gasteiger partial charge in [-0.2, -0.15) is 0 Å². The number of hydrogen-bond acceptors (Lipinski definition) is 3. The van der Waals surface area contributed by atoms with Crippen LogP contribution in [0.5, 0.6) is 0 Å². The highest BCUT2D eigenvalue weighted by Gasteiger charge is 2.15. The first-order valence-electron chi connectivity index (χ1n) is 4.60. The van der Waals surface area contributed by atoms with Crippen molar-refractivity contribution in [2.45, 2.75) is 12.5 Å². The molecule has 1 atom stereocenters. The summed E-state index contributed by atoms with van der Waals surface area (Å²) in [4.78, 5) is 0. The Morgan fingerprint density at radius 3 is 2.85 bits per heavy atom. The van der Waals surface area contributed by atoms with Gasteiger partial charge in [-0.15, -0.1) is 0 Å². The maximum Gasteiger partial charge on any atom is 0.0578 e. The second-order valence-electron chi connectivity index (χ2n) is 3.28. The third-order valence-electron chi connectivity index (χ3n) is 2.30. The van der Waals surface area contributed by atoms with Crippen molar-refractivity contribution in [1.82, 2.24) is 0 Å². The van der Waals surface area contributed by atoms with E-state index in [4.69, 9.17) is 5.11 Å². The summed E-state index contributed by atoms with van der Waals surface area (Å²) in [5.74, 6) is 0. The minimum atomic E-state index is 0.238. The number of aliphatic hydroxyl groups excluding tert-OH is 1. The summed E-state index contributed by atoms with van der Waals surface area (Å²) in [5, 5.41) is 15.5. The van der Waals surface area contributed by atoms with E-state index >= 15 is 0 Å². The third-order valence-corrected chi connectivity index (χ3v) is 2.30. The Morgan fingerprint density at radius 1 is 1.31 bits per heavy atom. The Hall–Kier alpha value is -1.22. The van der Waals surface area contributed by atoms with Crippen molar-refractivity contribution in [2.75, 3.05) is 23.8 Å². The lowest BCUT2D eigenvalue weighted by atomic mass is 10.1. The largest absolute Gasteiger partial charge is 0.396 e. The van der Waals surface area contributed by atoms with E-state index in [1.807, 2.05) is 18.2 Å². The van der Waals surface area contributed by atoms with Gasteiger partial charge in [-0.25, -0.2) is 0 Å². The van der Waals surface area contributed by atoms with E-state index in [0.29, 0.717) is 6.04 Å². The van der Waals surface area contributed by atoms with Gasteiger partial charge in [0.05, 0.1) is 11.4 Å². The highest BCUT2D eigenvalue weighted by molar-refractivity contribution is 5.70. The minimum Gasteiger partial charge on any atom is -0.396 e. The van der Waals surface area contributed by atoms with Gasteiger partial charge in [-0.05, 0) is 18.6 Å². The number of para-hydroxylation sites is 2. The molecule has 0 saturated carbocycles. The first-order chi connectivity index (χ1) is 6.40. The van der Waals surface area contributed by atoms with Crippen LogP contribution < -0.4 is 10.6 Å². The van der Waals surface area contributed by atoms with Crippen molar-refractivity contribution in [1.29, 1.82) is 0 Å². The fourth-order valence-corrected chi connectivity index (χ4v) is 1.60.